The fraction of sp³-hybridized carbons (Fsp3) is 0.455. The minimum Gasteiger partial charge on any atom is -0.306 e. The van der Waals surface area contributed by atoms with Crippen LogP contribution in [0.4, 0.5) is 5.69 Å². The van der Waals surface area contributed by atoms with Crippen molar-refractivity contribution in [2.75, 3.05) is 11.4 Å². The number of hydrogen-bond donors (Lipinski definition) is 1. The molecule has 1 aliphatic carbocycles. The van der Waals surface area contributed by atoms with Gasteiger partial charge in [-0.1, -0.05) is 0 Å². The van der Waals surface area contributed by atoms with Gasteiger partial charge in [0.2, 0.25) is 16.0 Å². The summed E-state index contributed by atoms with van der Waals surface area (Å²) in [4.78, 5) is 21.8. The average Bonchev–Trinajstić information content (AvgIpc) is 3.15. The number of fused-ring (bicyclic) bond motifs is 3. The number of aromatic nitrogens is 2. The van der Waals surface area contributed by atoms with Gasteiger partial charge < -0.3 is 4.90 Å². The Labute approximate surface area is 192 Å². The van der Waals surface area contributed by atoms with Gasteiger partial charge in [-0.25, -0.2) is 13.1 Å². The van der Waals surface area contributed by atoms with Gasteiger partial charge in [-0.2, -0.15) is 10.4 Å². The van der Waals surface area contributed by atoms with Crippen molar-refractivity contribution >= 4 is 27.6 Å². The highest BCUT2D eigenvalue weighted by atomic mass is 32.2. The second kappa shape index (κ2) is 7.67. The smallest absolute Gasteiger partial charge is 0.263 e. The largest absolute Gasteiger partial charge is 0.306 e. The Kier molecular flexibility index (Phi) is 5.02. The van der Waals surface area contributed by atoms with Crippen LogP contribution in [-0.4, -0.2) is 53.1 Å². The molecule has 1 saturated carbocycles. The molecule has 1 fully saturated rings. The molecule has 2 aliphatic heterocycles. The van der Waals surface area contributed by atoms with Crippen molar-refractivity contribution in [1.82, 2.24) is 19.4 Å². The predicted molar refractivity (Wildman–Crippen MR) is 121 cm³/mol. The van der Waals surface area contributed by atoms with E-state index in [1.54, 1.807) is 28.9 Å². The lowest BCUT2D eigenvalue weighted by molar-refractivity contribution is 0.0832. The second-order valence-electron chi connectivity index (χ2n) is 9.12. The molecule has 0 bridgehead atoms. The summed E-state index contributed by atoms with van der Waals surface area (Å²) in [5, 5.41) is 13.3. The Morgan fingerprint density at radius 3 is 2.79 bits per heavy atom. The number of nitrogens with zero attached hydrogens (tertiary/aromatic N) is 6. The molecule has 3 aliphatic rings. The average molecular weight is 468 g/mol. The summed E-state index contributed by atoms with van der Waals surface area (Å²) in [6.45, 7) is 2.60. The van der Waals surface area contributed by atoms with Gasteiger partial charge in [-0.3, -0.25) is 19.4 Å². The minimum absolute atomic E-state index is 0.0669. The van der Waals surface area contributed by atoms with Crippen LogP contribution in [0.15, 0.2) is 40.5 Å². The van der Waals surface area contributed by atoms with Crippen LogP contribution in [-0.2, 0) is 23.6 Å². The Morgan fingerprint density at radius 2 is 2.12 bits per heavy atom. The topological polar surface area (TPSA) is 124 Å². The first-order valence-corrected chi connectivity index (χ1v) is 12.4. The summed E-state index contributed by atoms with van der Waals surface area (Å²) in [7, 11) is -1.96. The second-order valence-corrected chi connectivity index (χ2v) is 10.8. The molecule has 0 spiro atoms. The minimum atomic E-state index is -3.76. The zero-order chi connectivity index (χ0) is 23.4. The van der Waals surface area contributed by atoms with Crippen molar-refractivity contribution in [3.63, 3.8) is 0 Å². The third-order valence-electron chi connectivity index (χ3n) is 6.35. The lowest BCUT2D eigenvalue weighted by Gasteiger charge is -2.38. The molecule has 172 valence electrons. The van der Waals surface area contributed by atoms with Gasteiger partial charge in [0.1, 0.15) is 0 Å². The molecule has 0 unspecified atom stereocenters. The van der Waals surface area contributed by atoms with E-state index in [1.807, 2.05) is 18.0 Å². The molecule has 1 atom stereocenters. The monoisotopic (exact) mass is 467 g/mol. The molecule has 3 heterocycles. The zero-order valence-corrected chi connectivity index (χ0v) is 19.3. The van der Waals surface area contributed by atoms with Crippen molar-refractivity contribution in [3.05, 3.63) is 41.7 Å². The number of aryl methyl sites for hydroxylation is 1. The SMILES string of the molecule is Cn1cc(CN2C(=O)c3cc(S(=O)(=O)NC4(C)CC4)ccc3N3C2=NC[C@H]3CCC#N)cn1. The van der Waals surface area contributed by atoms with Gasteiger partial charge in [0.05, 0.1) is 47.5 Å². The zero-order valence-electron chi connectivity index (χ0n) is 18.5. The Balaban J connectivity index is 1.55. The predicted octanol–water partition coefficient (Wildman–Crippen LogP) is 1.76. The molecule has 0 saturated heterocycles. The van der Waals surface area contributed by atoms with Gasteiger partial charge >= 0.3 is 0 Å². The lowest BCUT2D eigenvalue weighted by atomic mass is 10.0. The molecule has 5 rings (SSSR count). The van der Waals surface area contributed by atoms with E-state index in [-0.39, 0.29) is 23.4 Å². The first-order valence-electron chi connectivity index (χ1n) is 10.9. The highest BCUT2D eigenvalue weighted by Crippen LogP contribution is 2.38. The maximum Gasteiger partial charge on any atom is 0.263 e. The van der Waals surface area contributed by atoms with E-state index in [0.29, 0.717) is 36.6 Å². The first kappa shape index (κ1) is 21.6. The number of aliphatic imine (C=N–C) groups is 1. The van der Waals surface area contributed by atoms with E-state index < -0.39 is 15.6 Å². The summed E-state index contributed by atoms with van der Waals surface area (Å²) < 4.78 is 30.3. The summed E-state index contributed by atoms with van der Waals surface area (Å²) >= 11 is 0. The van der Waals surface area contributed by atoms with Crippen LogP contribution in [0.2, 0.25) is 0 Å². The van der Waals surface area contributed by atoms with E-state index in [1.165, 1.54) is 12.1 Å². The summed E-state index contributed by atoms with van der Waals surface area (Å²) in [6, 6.07) is 6.77. The van der Waals surface area contributed by atoms with Crippen molar-refractivity contribution in [1.29, 1.82) is 5.26 Å². The molecule has 1 aromatic heterocycles. The quantitative estimate of drug-likeness (QED) is 0.662. The van der Waals surface area contributed by atoms with Crippen LogP contribution in [0, 0.1) is 11.3 Å². The van der Waals surface area contributed by atoms with Gasteiger partial charge in [-0.05, 0) is 44.4 Å². The molecule has 11 heteroatoms. The molecule has 1 amide bonds. The van der Waals surface area contributed by atoms with Gasteiger partial charge in [0, 0.05) is 30.8 Å². The van der Waals surface area contributed by atoms with E-state index in [2.05, 4.69) is 20.9 Å². The fourth-order valence-electron chi connectivity index (χ4n) is 4.33. The number of rotatable bonds is 7. The number of guanidine groups is 1. The molecule has 0 radical (unpaired) electrons. The number of anilines is 1. The number of benzene rings is 1. The Hall–Kier alpha value is -3.23. The number of carbonyl (C=O) groups is 1. The fourth-order valence-corrected chi connectivity index (χ4v) is 5.82. The van der Waals surface area contributed by atoms with Gasteiger partial charge in [0.25, 0.3) is 5.91 Å². The Morgan fingerprint density at radius 1 is 1.33 bits per heavy atom. The lowest BCUT2D eigenvalue weighted by Crippen LogP contribution is -2.52. The number of carbonyl (C=O) groups excluding carboxylic acids is 1. The van der Waals surface area contributed by atoms with Crippen LogP contribution in [0.3, 0.4) is 0 Å². The standard InChI is InChI=1S/C22H25N7O3S/c1-22(7-8-22)26-33(31,32)17-5-6-19-18(10-17)20(30)28(14-15-11-25-27(2)13-15)21-24-12-16(29(19)21)4-3-9-23/h5-6,10-11,13,16,26H,3-4,7-8,12,14H2,1-2H3/t16-/m1/s1. The molecule has 2 aromatic rings. The first-order chi connectivity index (χ1) is 15.7. The number of hydrogen-bond acceptors (Lipinski definition) is 7. The molecular formula is C22H25N7O3S. The van der Waals surface area contributed by atoms with Crippen LogP contribution >= 0.6 is 0 Å². The number of amides is 1. The Bertz CT molecular complexity index is 1300. The van der Waals surface area contributed by atoms with Crippen molar-refractivity contribution < 1.29 is 13.2 Å². The third-order valence-corrected chi connectivity index (χ3v) is 7.98. The summed E-state index contributed by atoms with van der Waals surface area (Å²) in [5.41, 5.74) is 1.36. The van der Waals surface area contributed by atoms with Gasteiger partial charge in [-0.15, -0.1) is 0 Å². The molecular weight excluding hydrogens is 442 g/mol. The van der Waals surface area contributed by atoms with E-state index >= 15 is 0 Å². The van der Waals surface area contributed by atoms with Crippen LogP contribution in [0.5, 0.6) is 0 Å². The number of sulfonamides is 1. The van der Waals surface area contributed by atoms with Crippen molar-refractivity contribution in [3.8, 4) is 6.07 Å². The van der Waals surface area contributed by atoms with Gasteiger partial charge in [0.15, 0.2) is 0 Å². The van der Waals surface area contributed by atoms with Crippen LogP contribution in [0.25, 0.3) is 0 Å². The maximum atomic E-state index is 13.6. The van der Waals surface area contributed by atoms with Crippen LogP contribution in [0.1, 0.15) is 48.5 Å². The summed E-state index contributed by atoms with van der Waals surface area (Å²) in [6.07, 6.45) is 6.07. The number of nitriles is 1. The van der Waals surface area contributed by atoms with E-state index in [9.17, 15) is 13.2 Å². The highest BCUT2D eigenvalue weighted by Gasteiger charge is 2.44. The molecule has 1 aromatic carbocycles. The van der Waals surface area contributed by atoms with E-state index in [4.69, 9.17) is 5.26 Å². The maximum absolute atomic E-state index is 13.6. The van der Waals surface area contributed by atoms with E-state index in [0.717, 1.165) is 18.4 Å². The van der Waals surface area contributed by atoms with Crippen molar-refractivity contribution in [2.24, 2.45) is 12.0 Å². The molecule has 10 nitrogen and oxygen atoms in total. The van der Waals surface area contributed by atoms with Crippen molar-refractivity contribution in [2.45, 2.75) is 55.6 Å². The third kappa shape index (κ3) is 3.89. The van der Waals surface area contributed by atoms with Crippen LogP contribution < -0.4 is 9.62 Å². The summed E-state index contributed by atoms with van der Waals surface area (Å²) in [5.74, 6) is 0.220. The molecule has 1 N–H and O–H groups in total. The number of nitrogens with one attached hydrogen (secondary N) is 1. The highest BCUT2D eigenvalue weighted by molar-refractivity contribution is 7.89. The normalized spacial score (nSPS) is 20.8. The molecule has 33 heavy (non-hydrogen) atoms.